The number of nitro benzene ring substituents is 1. The van der Waals surface area contributed by atoms with Gasteiger partial charge in [0, 0.05) is 24.7 Å². The van der Waals surface area contributed by atoms with Crippen LogP contribution in [0.4, 0.5) is 5.69 Å². The second-order valence-electron chi connectivity index (χ2n) is 3.95. The van der Waals surface area contributed by atoms with Gasteiger partial charge in [-0.2, -0.15) is 0 Å². The third-order valence-corrected chi connectivity index (χ3v) is 2.51. The Morgan fingerprint density at radius 1 is 1.61 bits per heavy atom. The van der Waals surface area contributed by atoms with Crippen LogP contribution < -0.4 is 0 Å². The summed E-state index contributed by atoms with van der Waals surface area (Å²) in [5, 5.41) is 20.3. The molecule has 0 heterocycles. The predicted octanol–water partition coefficient (Wildman–Crippen LogP) is 1.70. The van der Waals surface area contributed by atoms with Crippen molar-refractivity contribution >= 4 is 23.2 Å². The lowest BCUT2D eigenvalue weighted by atomic mass is 10.1. The molecule has 1 N–H and O–H groups in total. The molecule has 0 radical (unpaired) electrons. The summed E-state index contributed by atoms with van der Waals surface area (Å²) in [6, 6.07) is 3.79. The molecule has 1 amide bonds. The van der Waals surface area contributed by atoms with Crippen molar-refractivity contribution in [2.45, 2.75) is 13.0 Å². The van der Waals surface area contributed by atoms with Gasteiger partial charge in [0.05, 0.1) is 11.0 Å². The van der Waals surface area contributed by atoms with E-state index in [1.807, 2.05) is 0 Å². The topological polar surface area (TPSA) is 83.7 Å². The van der Waals surface area contributed by atoms with Crippen LogP contribution in [0.15, 0.2) is 18.2 Å². The van der Waals surface area contributed by atoms with Crippen molar-refractivity contribution in [3.63, 3.8) is 0 Å². The molecule has 6 nitrogen and oxygen atoms in total. The standard InChI is InChI=1S/C11H13ClN2O4/c1-7(15)6-13(2)11(16)9-5-8(12)3-4-10(9)14(17)18/h3-5,7,15H,6H2,1-2H3. The van der Waals surface area contributed by atoms with Gasteiger partial charge in [-0.1, -0.05) is 11.6 Å². The molecule has 0 aliphatic heterocycles. The molecule has 1 aromatic rings. The fraction of sp³-hybridized carbons (Fsp3) is 0.364. The normalized spacial score (nSPS) is 12.0. The van der Waals surface area contributed by atoms with E-state index in [-0.39, 0.29) is 22.8 Å². The van der Waals surface area contributed by atoms with Gasteiger partial charge >= 0.3 is 0 Å². The molecule has 7 heteroatoms. The number of nitro groups is 1. The maximum atomic E-state index is 12.0. The monoisotopic (exact) mass is 272 g/mol. The van der Waals surface area contributed by atoms with E-state index < -0.39 is 16.9 Å². The van der Waals surface area contributed by atoms with Gasteiger partial charge in [-0.15, -0.1) is 0 Å². The lowest BCUT2D eigenvalue weighted by molar-refractivity contribution is -0.385. The van der Waals surface area contributed by atoms with Gasteiger partial charge in [-0.3, -0.25) is 14.9 Å². The summed E-state index contributed by atoms with van der Waals surface area (Å²) in [6.07, 6.45) is -0.711. The maximum Gasteiger partial charge on any atom is 0.282 e. The number of hydrogen-bond acceptors (Lipinski definition) is 4. The van der Waals surface area contributed by atoms with Crippen LogP contribution >= 0.6 is 11.6 Å². The summed E-state index contributed by atoms with van der Waals surface area (Å²) in [6.45, 7) is 1.61. The van der Waals surface area contributed by atoms with Crippen LogP contribution in [-0.2, 0) is 0 Å². The third-order valence-electron chi connectivity index (χ3n) is 2.27. The fourth-order valence-corrected chi connectivity index (χ4v) is 1.70. The van der Waals surface area contributed by atoms with Gasteiger partial charge < -0.3 is 10.0 Å². The Labute approximate surface area is 109 Å². The number of amides is 1. The zero-order valence-electron chi connectivity index (χ0n) is 9.96. The van der Waals surface area contributed by atoms with Gasteiger partial charge in [0.25, 0.3) is 11.6 Å². The van der Waals surface area contributed by atoms with Crippen molar-refractivity contribution < 1.29 is 14.8 Å². The van der Waals surface area contributed by atoms with E-state index in [1.165, 1.54) is 37.1 Å². The summed E-state index contributed by atoms with van der Waals surface area (Å²) >= 11 is 5.73. The number of likely N-dealkylation sites (N-methyl/N-ethyl adjacent to an activating group) is 1. The summed E-state index contributed by atoms with van der Waals surface area (Å²) in [5.41, 5.74) is -0.391. The molecule has 0 spiro atoms. The summed E-state index contributed by atoms with van der Waals surface area (Å²) in [7, 11) is 1.46. The van der Waals surface area contributed by atoms with Crippen molar-refractivity contribution in [1.29, 1.82) is 0 Å². The van der Waals surface area contributed by atoms with Crippen LogP contribution in [0.1, 0.15) is 17.3 Å². The molecule has 0 saturated carbocycles. The molecule has 0 saturated heterocycles. The molecule has 0 bridgehead atoms. The fourth-order valence-electron chi connectivity index (χ4n) is 1.52. The maximum absolute atomic E-state index is 12.0. The van der Waals surface area contributed by atoms with Crippen LogP contribution in [-0.4, -0.2) is 40.5 Å². The number of benzene rings is 1. The highest BCUT2D eigenvalue weighted by Crippen LogP contribution is 2.23. The zero-order chi connectivity index (χ0) is 13.9. The molecule has 0 aliphatic carbocycles. The van der Waals surface area contributed by atoms with E-state index in [1.54, 1.807) is 0 Å². The van der Waals surface area contributed by atoms with E-state index in [2.05, 4.69) is 0 Å². The first-order valence-electron chi connectivity index (χ1n) is 5.20. The molecule has 18 heavy (non-hydrogen) atoms. The van der Waals surface area contributed by atoms with Crippen molar-refractivity contribution in [1.82, 2.24) is 4.90 Å². The Morgan fingerprint density at radius 3 is 2.72 bits per heavy atom. The number of carbonyl (C=O) groups excluding carboxylic acids is 1. The van der Waals surface area contributed by atoms with E-state index in [0.29, 0.717) is 0 Å². The summed E-state index contributed by atoms with van der Waals surface area (Å²) in [4.78, 5) is 23.4. The number of aliphatic hydroxyl groups excluding tert-OH is 1. The van der Waals surface area contributed by atoms with E-state index in [4.69, 9.17) is 11.6 Å². The molecule has 1 rings (SSSR count). The average molecular weight is 273 g/mol. The minimum absolute atomic E-state index is 0.0858. The minimum Gasteiger partial charge on any atom is -0.392 e. The largest absolute Gasteiger partial charge is 0.392 e. The quantitative estimate of drug-likeness (QED) is 0.668. The van der Waals surface area contributed by atoms with Gasteiger partial charge in [0.2, 0.25) is 0 Å². The third kappa shape index (κ3) is 3.41. The molecule has 1 unspecified atom stereocenters. The van der Waals surface area contributed by atoms with E-state index in [0.717, 1.165) is 0 Å². The second kappa shape index (κ2) is 5.79. The van der Waals surface area contributed by atoms with Crippen LogP contribution in [0.2, 0.25) is 5.02 Å². The summed E-state index contributed by atoms with van der Waals surface area (Å²) in [5.74, 6) is -0.551. The van der Waals surface area contributed by atoms with E-state index in [9.17, 15) is 20.0 Å². The Balaban J connectivity index is 3.11. The number of hydrogen-bond donors (Lipinski definition) is 1. The van der Waals surface area contributed by atoms with Crippen molar-refractivity contribution in [2.75, 3.05) is 13.6 Å². The first-order chi connectivity index (χ1) is 8.32. The minimum atomic E-state index is -0.711. The molecule has 1 aromatic carbocycles. The Hall–Kier alpha value is -1.66. The molecule has 0 aliphatic rings. The first kappa shape index (κ1) is 14.4. The molecular weight excluding hydrogens is 260 g/mol. The van der Waals surface area contributed by atoms with Crippen molar-refractivity contribution in [3.8, 4) is 0 Å². The SMILES string of the molecule is CC(O)CN(C)C(=O)c1cc(Cl)ccc1[N+](=O)[O-]. The van der Waals surface area contributed by atoms with Gasteiger partial charge in [0.15, 0.2) is 0 Å². The lowest BCUT2D eigenvalue weighted by Crippen LogP contribution is -2.33. The Bertz CT molecular complexity index is 476. The van der Waals surface area contributed by atoms with Gasteiger partial charge in [-0.05, 0) is 19.1 Å². The van der Waals surface area contributed by atoms with Crippen molar-refractivity contribution in [2.24, 2.45) is 0 Å². The van der Waals surface area contributed by atoms with Gasteiger partial charge in [0.1, 0.15) is 5.56 Å². The smallest absolute Gasteiger partial charge is 0.282 e. The summed E-state index contributed by atoms with van der Waals surface area (Å²) < 4.78 is 0. The number of carbonyl (C=O) groups is 1. The highest BCUT2D eigenvalue weighted by molar-refractivity contribution is 6.31. The Morgan fingerprint density at radius 2 is 2.22 bits per heavy atom. The zero-order valence-corrected chi connectivity index (χ0v) is 10.7. The number of nitrogens with zero attached hydrogens (tertiary/aromatic N) is 2. The van der Waals surface area contributed by atoms with Crippen LogP contribution in [0.3, 0.4) is 0 Å². The molecule has 0 fully saturated rings. The van der Waals surface area contributed by atoms with Crippen LogP contribution in [0, 0.1) is 10.1 Å². The first-order valence-corrected chi connectivity index (χ1v) is 5.58. The average Bonchev–Trinajstić information content (AvgIpc) is 2.26. The van der Waals surface area contributed by atoms with Crippen LogP contribution in [0.5, 0.6) is 0 Å². The Kier molecular flexibility index (Phi) is 4.63. The second-order valence-corrected chi connectivity index (χ2v) is 4.39. The number of rotatable bonds is 4. The number of halogens is 1. The van der Waals surface area contributed by atoms with Crippen LogP contribution in [0.25, 0.3) is 0 Å². The predicted molar refractivity (Wildman–Crippen MR) is 66.7 cm³/mol. The lowest BCUT2D eigenvalue weighted by Gasteiger charge is -2.18. The molecule has 0 aromatic heterocycles. The molecule has 1 atom stereocenters. The van der Waals surface area contributed by atoms with Gasteiger partial charge in [-0.25, -0.2) is 0 Å². The molecular formula is C11H13ClN2O4. The number of aliphatic hydroxyl groups is 1. The highest BCUT2D eigenvalue weighted by atomic mass is 35.5. The van der Waals surface area contributed by atoms with Crippen molar-refractivity contribution in [3.05, 3.63) is 38.9 Å². The van der Waals surface area contributed by atoms with E-state index >= 15 is 0 Å². The molecule has 98 valence electrons. The highest BCUT2D eigenvalue weighted by Gasteiger charge is 2.23.